The zero-order chi connectivity index (χ0) is 24.6. The second-order valence-electron chi connectivity index (χ2n) is 10.8. The summed E-state index contributed by atoms with van der Waals surface area (Å²) in [5.74, 6) is 0. The van der Waals surface area contributed by atoms with Gasteiger partial charge in [-0.25, -0.2) is 0 Å². The van der Waals surface area contributed by atoms with Crippen LogP contribution < -0.4 is 0 Å². The first-order valence-corrected chi connectivity index (χ1v) is 12.8. The van der Waals surface area contributed by atoms with Crippen LogP contribution >= 0.6 is 0 Å². The van der Waals surface area contributed by atoms with E-state index in [1.165, 1.54) is 72.0 Å². The number of aromatic nitrogens is 1. The first-order valence-electron chi connectivity index (χ1n) is 12.8. The van der Waals surface area contributed by atoms with Crippen LogP contribution in [0.5, 0.6) is 0 Å². The van der Waals surface area contributed by atoms with Crippen molar-refractivity contribution in [3.05, 3.63) is 125 Å². The molecule has 1 heterocycles. The first kappa shape index (κ1) is 21.2. The van der Waals surface area contributed by atoms with Gasteiger partial charge in [0, 0.05) is 21.9 Å². The Kier molecular flexibility index (Phi) is 4.39. The fourth-order valence-electron chi connectivity index (χ4n) is 6.34. The van der Waals surface area contributed by atoms with Crippen molar-refractivity contribution in [3.63, 3.8) is 0 Å². The SMILES string of the molecule is Cc1ccc2c(c1)-c1cc(-c3cc4c(cc3C)c3ccccc3n4-c3ccccc3)ccc1C2(C)C. The third kappa shape index (κ3) is 2.89. The molecule has 1 aliphatic carbocycles. The quantitative estimate of drug-likeness (QED) is 0.241. The molecule has 1 heteroatoms. The number of aryl methyl sites for hydroxylation is 2. The van der Waals surface area contributed by atoms with Crippen molar-refractivity contribution in [2.75, 3.05) is 0 Å². The molecule has 0 radical (unpaired) electrons. The van der Waals surface area contributed by atoms with Crippen molar-refractivity contribution in [2.45, 2.75) is 33.1 Å². The van der Waals surface area contributed by atoms with Gasteiger partial charge in [0.1, 0.15) is 0 Å². The molecule has 6 aromatic rings. The van der Waals surface area contributed by atoms with Crippen LogP contribution in [0.1, 0.15) is 36.1 Å². The molecule has 174 valence electrons. The van der Waals surface area contributed by atoms with Crippen LogP contribution in [0.15, 0.2) is 103 Å². The summed E-state index contributed by atoms with van der Waals surface area (Å²) in [6, 6.07) is 38.3. The Balaban J connectivity index is 1.50. The van der Waals surface area contributed by atoms with Gasteiger partial charge in [0.2, 0.25) is 0 Å². The van der Waals surface area contributed by atoms with E-state index in [1.807, 2.05) is 0 Å². The predicted molar refractivity (Wildman–Crippen MR) is 153 cm³/mol. The van der Waals surface area contributed by atoms with Gasteiger partial charge in [-0.3, -0.25) is 0 Å². The summed E-state index contributed by atoms with van der Waals surface area (Å²) >= 11 is 0. The average Bonchev–Trinajstić information content (AvgIpc) is 3.32. The maximum Gasteiger partial charge on any atom is 0.0547 e. The van der Waals surface area contributed by atoms with E-state index in [9.17, 15) is 0 Å². The molecule has 0 saturated heterocycles. The molecule has 1 aromatic heterocycles. The van der Waals surface area contributed by atoms with E-state index in [2.05, 4.69) is 135 Å². The molecule has 1 nitrogen and oxygen atoms in total. The van der Waals surface area contributed by atoms with E-state index in [1.54, 1.807) is 0 Å². The Bertz CT molecular complexity index is 1820. The Labute approximate surface area is 212 Å². The van der Waals surface area contributed by atoms with Crippen molar-refractivity contribution in [1.82, 2.24) is 4.57 Å². The molecule has 1 aliphatic rings. The van der Waals surface area contributed by atoms with Crippen molar-refractivity contribution in [3.8, 4) is 27.9 Å². The highest BCUT2D eigenvalue weighted by molar-refractivity contribution is 6.10. The lowest BCUT2D eigenvalue weighted by Gasteiger charge is -2.21. The molecular weight excluding hydrogens is 434 g/mol. The summed E-state index contributed by atoms with van der Waals surface area (Å²) in [6.07, 6.45) is 0. The number of nitrogens with zero attached hydrogens (tertiary/aromatic N) is 1. The lowest BCUT2D eigenvalue weighted by molar-refractivity contribution is 0.660. The number of fused-ring (bicyclic) bond motifs is 6. The third-order valence-electron chi connectivity index (χ3n) is 8.18. The molecule has 0 unspecified atom stereocenters. The van der Waals surface area contributed by atoms with Crippen LogP contribution in [0.4, 0.5) is 0 Å². The van der Waals surface area contributed by atoms with E-state index < -0.39 is 0 Å². The van der Waals surface area contributed by atoms with E-state index in [-0.39, 0.29) is 5.41 Å². The Morgan fingerprint density at radius 2 is 1.25 bits per heavy atom. The number of para-hydroxylation sites is 2. The zero-order valence-electron chi connectivity index (χ0n) is 21.3. The minimum atomic E-state index is 0.0234. The van der Waals surface area contributed by atoms with Crippen LogP contribution in [-0.4, -0.2) is 4.57 Å². The Morgan fingerprint density at radius 3 is 2.06 bits per heavy atom. The standard InChI is InChI=1S/C35H29N/c1-22-14-16-31-28(18-22)29-20-24(15-17-32(29)35(31,3)4)27-21-34-30(19-23(27)2)26-12-8-9-13-33(26)36(34)25-10-6-5-7-11-25/h5-21H,1-4H3. The molecule has 0 fully saturated rings. The molecule has 0 aliphatic heterocycles. The highest BCUT2D eigenvalue weighted by Gasteiger charge is 2.35. The van der Waals surface area contributed by atoms with Crippen molar-refractivity contribution < 1.29 is 0 Å². The Morgan fingerprint density at radius 1 is 0.556 bits per heavy atom. The second-order valence-corrected chi connectivity index (χ2v) is 10.8. The maximum atomic E-state index is 2.42. The highest BCUT2D eigenvalue weighted by Crippen LogP contribution is 2.50. The van der Waals surface area contributed by atoms with Gasteiger partial charge < -0.3 is 4.57 Å². The van der Waals surface area contributed by atoms with Gasteiger partial charge in [-0.1, -0.05) is 86.1 Å². The highest BCUT2D eigenvalue weighted by atomic mass is 15.0. The summed E-state index contributed by atoms with van der Waals surface area (Å²) in [5, 5.41) is 2.60. The summed E-state index contributed by atoms with van der Waals surface area (Å²) in [5.41, 5.74) is 14.5. The lowest BCUT2D eigenvalue weighted by atomic mass is 9.82. The molecule has 0 N–H and O–H groups in total. The van der Waals surface area contributed by atoms with Gasteiger partial charge in [-0.2, -0.15) is 0 Å². The van der Waals surface area contributed by atoms with Crippen LogP contribution in [0, 0.1) is 13.8 Å². The number of hydrogen-bond acceptors (Lipinski definition) is 0. The predicted octanol–water partition coefficient (Wildman–Crippen LogP) is 9.37. The number of hydrogen-bond donors (Lipinski definition) is 0. The van der Waals surface area contributed by atoms with Gasteiger partial charge in [-0.15, -0.1) is 0 Å². The van der Waals surface area contributed by atoms with Crippen LogP contribution in [0.25, 0.3) is 49.7 Å². The fourth-order valence-corrected chi connectivity index (χ4v) is 6.34. The molecular formula is C35H29N. The Hall–Kier alpha value is -4.10. The van der Waals surface area contributed by atoms with Gasteiger partial charge in [-0.05, 0) is 89.2 Å². The summed E-state index contributed by atoms with van der Waals surface area (Å²) < 4.78 is 2.41. The summed E-state index contributed by atoms with van der Waals surface area (Å²) in [6.45, 7) is 9.14. The largest absolute Gasteiger partial charge is 0.309 e. The van der Waals surface area contributed by atoms with E-state index in [4.69, 9.17) is 0 Å². The van der Waals surface area contributed by atoms with E-state index in [0.29, 0.717) is 0 Å². The molecule has 36 heavy (non-hydrogen) atoms. The van der Waals surface area contributed by atoms with Gasteiger partial charge in [0.15, 0.2) is 0 Å². The van der Waals surface area contributed by atoms with Crippen LogP contribution in [0.2, 0.25) is 0 Å². The molecule has 7 rings (SSSR count). The van der Waals surface area contributed by atoms with E-state index >= 15 is 0 Å². The second kappa shape index (κ2) is 7.45. The normalized spacial score (nSPS) is 13.8. The van der Waals surface area contributed by atoms with Gasteiger partial charge in [0.05, 0.1) is 11.0 Å². The fraction of sp³-hybridized carbons (Fsp3) is 0.143. The van der Waals surface area contributed by atoms with Crippen LogP contribution in [-0.2, 0) is 5.41 Å². The average molecular weight is 464 g/mol. The minimum Gasteiger partial charge on any atom is -0.309 e. The first-order chi connectivity index (χ1) is 17.4. The molecule has 0 saturated carbocycles. The third-order valence-corrected chi connectivity index (χ3v) is 8.18. The minimum absolute atomic E-state index is 0.0234. The van der Waals surface area contributed by atoms with Crippen molar-refractivity contribution in [1.29, 1.82) is 0 Å². The molecule has 0 atom stereocenters. The van der Waals surface area contributed by atoms with Crippen molar-refractivity contribution in [2.24, 2.45) is 0 Å². The molecule has 0 amide bonds. The number of rotatable bonds is 2. The summed E-state index contributed by atoms with van der Waals surface area (Å²) in [7, 11) is 0. The van der Waals surface area contributed by atoms with Crippen LogP contribution in [0.3, 0.4) is 0 Å². The molecule has 0 bridgehead atoms. The molecule has 5 aromatic carbocycles. The van der Waals surface area contributed by atoms with Gasteiger partial charge in [0.25, 0.3) is 0 Å². The topological polar surface area (TPSA) is 4.93 Å². The smallest absolute Gasteiger partial charge is 0.0547 e. The van der Waals surface area contributed by atoms with Crippen molar-refractivity contribution >= 4 is 21.8 Å². The van der Waals surface area contributed by atoms with Gasteiger partial charge >= 0.3 is 0 Å². The maximum absolute atomic E-state index is 2.42. The molecule has 0 spiro atoms. The monoisotopic (exact) mass is 463 g/mol. The number of benzene rings is 5. The lowest BCUT2D eigenvalue weighted by Crippen LogP contribution is -2.14. The summed E-state index contributed by atoms with van der Waals surface area (Å²) in [4.78, 5) is 0. The van der Waals surface area contributed by atoms with E-state index in [0.717, 1.165) is 0 Å². The zero-order valence-corrected chi connectivity index (χ0v) is 21.3.